The number of aromatic nitrogens is 3. The first-order valence-corrected chi connectivity index (χ1v) is 6.21. The van der Waals surface area contributed by atoms with E-state index in [-0.39, 0.29) is 5.28 Å². The van der Waals surface area contributed by atoms with Crippen molar-refractivity contribution in [1.29, 1.82) is 0 Å². The van der Waals surface area contributed by atoms with Crippen LogP contribution in [0, 0.1) is 0 Å². The second-order valence-electron chi connectivity index (χ2n) is 4.02. The van der Waals surface area contributed by atoms with Crippen LogP contribution in [-0.2, 0) is 0 Å². The van der Waals surface area contributed by atoms with Gasteiger partial charge in [0.05, 0.1) is 0 Å². The van der Waals surface area contributed by atoms with Crippen molar-refractivity contribution in [2.45, 2.75) is 0 Å². The quantitative estimate of drug-likeness (QED) is 0.708. The highest BCUT2D eigenvalue weighted by Gasteiger charge is 2.04. The molecule has 0 saturated heterocycles. The molecule has 1 aromatic heterocycles. The Kier molecular flexibility index (Phi) is 3.21. The lowest BCUT2D eigenvalue weighted by Gasteiger charge is -2.04. The molecule has 4 heteroatoms. The molecule has 0 saturated carbocycles. The summed E-state index contributed by atoms with van der Waals surface area (Å²) >= 11 is 5.79. The van der Waals surface area contributed by atoms with Crippen LogP contribution in [0.4, 0.5) is 0 Å². The second-order valence-corrected chi connectivity index (χ2v) is 4.36. The van der Waals surface area contributed by atoms with Crippen molar-refractivity contribution < 1.29 is 0 Å². The number of benzene rings is 2. The van der Waals surface area contributed by atoms with Crippen molar-refractivity contribution in [3.63, 3.8) is 0 Å². The molecule has 0 aliphatic carbocycles. The fourth-order valence-electron chi connectivity index (χ4n) is 1.88. The van der Waals surface area contributed by atoms with Gasteiger partial charge < -0.3 is 0 Å². The van der Waals surface area contributed by atoms with Gasteiger partial charge in [0, 0.05) is 5.56 Å². The van der Waals surface area contributed by atoms with Crippen LogP contribution in [-0.4, -0.2) is 15.0 Å². The Labute approximate surface area is 116 Å². The molecule has 0 amide bonds. The molecule has 3 rings (SSSR count). The van der Waals surface area contributed by atoms with Gasteiger partial charge in [0.1, 0.15) is 6.33 Å². The summed E-state index contributed by atoms with van der Waals surface area (Å²) in [7, 11) is 0. The van der Waals surface area contributed by atoms with E-state index in [2.05, 4.69) is 33.2 Å². The van der Waals surface area contributed by atoms with Crippen molar-refractivity contribution in [1.82, 2.24) is 15.0 Å². The van der Waals surface area contributed by atoms with Gasteiger partial charge in [-0.3, -0.25) is 0 Å². The zero-order valence-electron chi connectivity index (χ0n) is 9.99. The van der Waals surface area contributed by atoms with Crippen LogP contribution in [0.15, 0.2) is 60.9 Å². The van der Waals surface area contributed by atoms with E-state index in [4.69, 9.17) is 11.6 Å². The molecule has 19 heavy (non-hydrogen) atoms. The lowest BCUT2D eigenvalue weighted by Crippen LogP contribution is -1.91. The van der Waals surface area contributed by atoms with Gasteiger partial charge in [-0.15, -0.1) is 0 Å². The van der Waals surface area contributed by atoms with Crippen LogP contribution in [0.3, 0.4) is 0 Å². The maximum Gasteiger partial charge on any atom is 0.225 e. The van der Waals surface area contributed by atoms with Crippen LogP contribution in [0.5, 0.6) is 0 Å². The molecule has 0 unspecified atom stereocenters. The molecule has 3 nitrogen and oxygen atoms in total. The first-order valence-electron chi connectivity index (χ1n) is 5.83. The van der Waals surface area contributed by atoms with Crippen LogP contribution < -0.4 is 0 Å². The molecule has 2 aromatic carbocycles. The van der Waals surface area contributed by atoms with Gasteiger partial charge in [0.25, 0.3) is 0 Å². The Bertz CT molecular complexity index is 699. The zero-order chi connectivity index (χ0) is 13.1. The maximum atomic E-state index is 5.79. The Balaban J connectivity index is 2.06. The number of rotatable bonds is 2. The molecule has 1 heterocycles. The number of halogens is 1. The first-order chi connectivity index (χ1) is 9.33. The van der Waals surface area contributed by atoms with Gasteiger partial charge in [-0.2, -0.15) is 4.98 Å². The highest BCUT2D eigenvalue weighted by atomic mass is 35.5. The van der Waals surface area contributed by atoms with E-state index in [1.807, 2.05) is 36.4 Å². The largest absolute Gasteiger partial charge is 0.225 e. The Morgan fingerprint density at radius 1 is 0.737 bits per heavy atom. The van der Waals surface area contributed by atoms with Gasteiger partial charge in [-0.05, 0) is 28.8 Å². The fraction of sp³-hybridized carbons (Fsp3) is 0. The van der Waals surface area contributed by atoms with Gasteiger partial charge in [-0.1, -0.05) is 48.5 Å². The van der Waals surface area contributed by atoms with E-state index < -0.39 is 0 Å². The van der Waals surface area contributed by atoms with E-state index in [0.717, 1.165) is 16.7 Å². The van der Waals surface area contributed by atoms with Gasteiger partial charge >= 0.3 is 0 Å². The third-order valence-corrected chi connectivity index (χ3v) is 2.95. The smallest absolute Gasteiger partial charge is 0.216 e. The minimum atomic E-state index is 0.204. The van der Waals surface area contributed by atoms with Crippen molar-refractivity contribution in [2.24, 2.45) is 0 Å². The summed E-state index contributed by atoms with van der Waals surface area (Å²) in [4.78, 5) is 12.0. The third kappa shape index (κ3) is 2.61. The molecule has 0 atom stereocenters. The van der Waals surface area contributed by atoms with Crippen molar-refractivity contribution in [2.75, 3.05) is 0 Å². The molecule has 0 aliphatic rings. The van der Waals surface area contributed by atoms with Gasteiger partial charge in [-0.25, -0.2) is 9.97 Å². The molecule has 0 radical (unpaired) electrons. The maximum absolute atomic E-state index is 5.79. The first kappa shape index (κ1) is 11.8. The van der Waals surface area contributed by atoms with E-state index in [9.17, 15) is 0 Å². The van der Waals surface area contributed by atoms with E-state index in [0.29, 0.717) is 5.82 Å². The average molecular weight is 268 g/mol. The average Bonchev–Trinajstić information content (AvgIpc) is 2.48. The van der Waals surface area contributed by atoms with Gasteiger partial charge in [0.2, 0.25) is 5.28 Å². The second kappa shape index (κ2) is 5.16. The molecule has 3 aromatic rings. The molecule has 0 bridgehead atoms. The summed E-state index contributed by atoms with van der Waals surface area (Å²) in [5.41, 5.74) is 3.20. The topological polar surface area (TPSA) is 38.7 Å². The predicted octanol–water partition coefficient (Wildman–Crippen LogP) is 3.86. The molecular formula is C15H10ClN3. The van der Waals surface area contributed by atoms with Crippen LogP contribution in [0.1, 0.15) is 0 Å². The van der Waals surface area contributed by atoms with Crippen molar-refractivity contribution in [3.8, 4) is 22.5 Å². The SMILES string of the molecule is Clc1ncnc(-c2cccc(-c3ccccc3)c2)n1. The number of hydrogen-bond acceptors (Lipinski definition) is 3. The predicted molar refractivity (Wildman–Crippen MR) is 75.7 cm³/mol. The van der Waals surface area contributed by atoms with Gasteiger partial charge in [0.15, 0.2) is 5.82 Å². The minimum absolute atomic E-state index is 0.204. The van der Waals surface area contributed by atoms with E-state index >= 15 is 0 Å². The number of hydrogen-bond donors (Lipinski definition) is 0. The minimum Gasteiger partial charge on any atom is -0.216 e. The fourth-order valence-corrected chi connectivity index (χ4v) is 2.01. The molecule has 0 spiro atoms. The summed E-state index contributed by atoms with van der Waals surface area (Å²) in [6.07, 6.45) is 1.42. The lowest BCUT2D eigenvalue weighted by atomic mass is 10.0. The molecule has 92 valence electrons. The zero-order valence-corrected chi connectivity index (χ0v) is 10.7. The number of nitrogens with zero attached hydrogens (tertiary/aromatic N) is 3. The van der Waals surface area contributed by atoms with Crippen molar-refractivity contribution >= 4 is 11.6 Å². The Morgan fingerprint density at radius 2 is 1.47 bits per heavy atom. The molecular weight excluding hydrogens is 258 g/mol. The van der Waals surface area contributed by atoms with Crippen molar-refractivity contribution in [3.05, 3.63) is 66.2 Å². The van der Waals surface area contributed by atoms with E-state index in [1.54, 1.807) is 0 Å². The molecule has 0 N–H and O–H groups in total. The summed E-state index contributed by atoms with van der Waals surface area (Å²) < 4.78 is 0. The highest BCUT2D eigenvalue weighted by molar-refractivity contribution is 6.28. The highest BCUT2D eigenvalue weighted by Crippen LogP contribution is 2.24. The Morgan fingerprint density at radius 3 is 2.26 bits per heavy atom. The molecule has 0 fully saturated rings. The summed E-state index contributed by atoms with van der Waals surface area (Å²) in [5.74, 6) is 0.581. The van der Waals surface area contributed by atoms with Crippen LogP contribution >= 0.6 is 11.6 Å². The lowest BCUT2D eigenvalue weighted by molar-refractivity contribution is 1.06. The summed E-state index contributed by atoms with van der Waals surface area (Å²) in [6, 6.07) is 18.2. The normalized spacial score (nSPS) is 10.4. The Hall–Kier alpha value is -2.26. The molecule has 0 aliphatic heterocycles. The van der Waals surface area contributed by atoms with Crippen LogP contribution in [0.2, 0.25) is 5.28 Å². The summed E-state index contributed by atoms with van der Waals surface area (Å²) in [5, 5.41) is 0.204. The third-order valence-electron chi connectivity index (χ3n) is 2.77. The standard InChI is InChI=1S/C15H10ClN3/c16-15-18-10-17-14(19-15)13-8-4-7-12(9-13)11-5-2-1-3-6-11/h1-10H. The van der Waals surface area contributed by atoms with E-state index in [1.165, 1.54) is 6.33 Å². The van der Waals surface area contributed by atoms with Crippen LogP contribution in [0.25, 0.3) is 22.5 Å². The monoisotopic (exact) mass is 267 g/mol. The summed E-state index contributed by atoms with van der Waals surface area (Å²) in [6.45, 7) is 0.